The lowest BCUT2D eigenvalue weighted by Gasteiger charge is -2.43. The van der Waals surface area contributed by atoms with E-state index in [0.29, 0.717) is 0 Å². The van der Waals surface area contributed by atoms with Crippen LogP contribution in [0, 0.1) is 11.8 Å². The third-order valence-corrected chi connectivity index (χ3v) is 6.13. The summed E-state index contributed by atoms with van der Waals surface area (Å²) in [5.41, 5.74) is 1.51. The summed E-state index contributed by atoms with van der Waals surface area (Å²) in [6.45, 7) is 4.80. The van der Waals surface area contributed by atoms with Gasteiger partial charge in [-0.25, -0.2) is 0 Å². The van der Waals surface area contributed by atoms with Gasteiger partial charge in [0, 0.05) is 16.6 Å². The molecule has 1 aromatic carbocycles. The third-order valence-electron chi connectivity index (χ3n) is 5.60. The van der Waals surface area contributed by atoms with Gasteiger partial charge in [0.2, 0.25) is 0 Å². The van der Waals surface area contributed by atoms with Crippen molar-refractivity contribution in [2.75, 3.05) is 0 Å². The second-order valence-corrected chi connectivity index (χ2v) is 8.30. The fourth-order valence-corrected chi connectivity index (χ4v) is 4.49. The molecule has 0 aliphatic heterocycles. The molecule has 0 aromatic heterocycles. The van der Waals surface area contributed by atoms with Gasteiger partial charge in [-0.05, 0) is 61.1 Å². The fraction of sp³-hybridized carbons (Fsp3) is 0.684. The first-order valence-corrected chi connectivity index (χ1v) is 9.44. The first kappa shape index (κ1) is 15.6. The Bertz CT molecular complexity index is 447. The van der Waals surface area contributed by atoms with Gasteiger partial charge in [0.1, 0.15) is 0 Å². The van der Waals surface area contributed by atoms with Crippen molar-refractivity contribution < 1.29 is 0 Å². The van der Waals surface area contributed by atoms with E-state index in [1.165, 1.54) is 48.6 Å². The van der Waals surface area contributed by atoms with Crippen LogP contribution in [0.3, 0.4) is 0 Å². The predicted octanol–water partition coefficient (Wildman–Crippen LogP) is 5.50. The lowest BCUT2D eigenvalue weighted by molar-refractivity contribution is 0.160. The van der Waals surface area contributed by atoms with Crippen LogP contribution < -0.4 is 5.32 Å². The Hall–Kier alpha value is -0.340. The highest BCUT2D eigenvalue weighted by atomic mass is 79.9. The minimum Gasteiger partial charge on any atom is -0.311 e. The van der Waals surface area contributed by atoms with Crippen LogP contribution in [0.4, 0.5) is 0 Å². The van der Waals surface area contributed by atoms with Crippen molar-refractivity contribution in [3.05, 3.63) is 34.3 Å². The number of hydrogen-bond acceptors (Lipinski definition) is 1. The first-order chi connectivity index (χ1) is 10.1. The lowest BCUT2D eigenvalue weighted by Crippen LogP contribution is -2.50. The van der Waals surface area contributed by atoms with Crippen molar-refractivity contribution in [2.45, 2.75) is 70.4 Å². The SMILES string of the molecule is CC(C)C1CCCCC1NC1CC(c2ccc(Br)cc2)C1. The zero-order valence-electron chi connectivity index (χ0n) is 13.3. The number of benzene rings is 1. The highest BCUT2D eigenvalue weighted by Crippen LogP contribution is 2.39. The minimum absolute atomic E-state index is 0.753. The molecule has 0 radical (unpaired) electrons. The van der Waals surface area contributed by atoms with Crippen molar-refractivity contribution >= 4 is 15.9 Å². The van der Waals surface area contributed by atoms with Crippen LogP contribution in [-0.4, -0.2) is 12.1 Å². The molecule has 2 unspecified atom stereocenters. The molecule has 2 aliphatic rings. The summed E-state index contributed by atoms with van der Waals surface area (Å²) in [6, 6.07) is 10.4. The summed E-state index contributed by atoms with van der Waals surface area (Å²) in [5, 5.41) is 3.99. The second kappa shape index (κ2) is 6.83. The molecule has 2 aliphatic carbocycles. The molecule has 2 heteroatoms. The minimum atomic E-state index is 0.753. The van der Waals surface area contributed by atoms with E-state index < -0.39 is 0 Å². The van der Waals surface area contributed by atoms with E-state index in [2.05, 4.69) is 59.4 Å². The predicted molar refractivity (Wildman–Crippen MR) is 93.6 cm³/mol. The van der Waals surface area contributed by atoms with Crippen molar-refractivity contribution in [1.82, 2.24) is 5.32 Å². The Morgan fingerprint density at radius 3 is 2.38 bits per heavy atom. The molecule has 2 saturated carbocycles. The molecule has 3 rings (SSSR count). The normalized spacial score (nSPS) is 33.0. The van der Waals surface area contributed by atoms with Gasteiger partial charge in [-0.2, -0.15) is 0 Å². The van der Waals surface area contributed by atoms with Crippen molar-refractivity contribution in [3.8, 4) is 0 Å². The zero-order valence-corrected chi connectivity index (χ0v) is 14.9. The van der Waals surface area contributed by atoms with Crippen LogP contribution in [0.25, 0.3) is 0 Å². The molecule has 1 N–H and O–H groups in total. The summed E-state index contributed by atoms with van der Waals surface area (Å²) < 4.78 is 1.18. The summed E-state index contributed by atoms with van der Waals surface area (Å²) in [5.74, 6) is 2.49. The molecule has 0 amide bonds. The van der Waals surface area contributed by atoms with Crippen LogP contribution in [0.5, 0.6) is 0 Å². The first-order valence-electron chi connectivity index (χ1n) is 8.65. The van der Waals surface area contributed by atoms with Gasteiger partial charge >= 0.3 is 0 Å². The highest BCUT2D eigenvalue weighted by molar-refractivity contribution is 9.10. The fourth-order valence-electron chi connectivity index (χ4n) is 4.23. The van der Waals surface area contributed by atoms with Crippen LogP contribution in [0.1, 0.15) is 63.9 Å². The van der Waals surface area contributed by atoms with Gasteiger partial charge in [-0.3, -0.25) is 0 Å². The van der Waals surface area contributed by atoms with Gasteiger partial charge in [-0.15, -0.1) is 0 Å². The molecule has 116 valence electrons. The topological polar surface area (TPSA) is 12.0 Å². The van der Waals surface area contributed by atoms with Crippen molar-refractivity contribution in [3.63, 3.8) is 0 Å². The quantitative estimate of drug-likeness (QED) is 0.756. The van der Waals surface area contributed by atoms with E-state index in [-0.39, 0.29) is 0 Å². The van der Waals surface area contributed by atoms with Crippen LogP contribution in [-0.2, 0) is 0 Å². The van der Waals surface area contributed by atoms with Crippen LogP contribution >= 0.6 is 15.9 Å². The van der Waals surface area contributed by atoms with Crippen LogP contribution in [0.2, 0.25) is 0 Å². The molecule has 1 nitrogen and oxygen atoms in total. The Morgan fingerprint density at radius 2 is 1.71 bits per heavy atom. The third kappa shape index (κ3) is 3.71. The molecule has 0 spiro atoms. The second-order valence-electron chi connectivity index (χ2n) is 7.38. The summed E-state index contributed by atoms with van der Waals surface area (Å²) in [6.07, 6.45) is 8.32. The molecule has 21 heavy (non-hydrogen) atoms. The molecule has 2 atom stereocenters. The van der Waals surface area contributed by atoms with Gasteiger partial charge in [0.15, 0.2) is 0 Å². The number of halogens is 1. The molecular weight excluding hydrogens is 322 g/mol. The molecule has 0 saturated heterocycles. The largest absolute Gasteiger partial charge is 0.311 e. The van der Waals surface area contributed by atoms with E-state index >= 15 is 0 Å². The maximum atomic E-state index is 3.99. The Labute approximate surface area is 138 Å². The Kier molecular flexibility index (Phi) is 5.06. The van der Waals surface area contributed by atoms with Crippen molar-refractivity contribution in [2.24, 2.45) is 11.8 Å². The molecule has 0 bridgehead atoms. The molecule has 1 aromatic rings. The molecule has 2 fully saturated rings. The number of rotatable bonds is 4. The number of nitrogens with one attached hydrogen (secondary N) is 1. The maximum Gasteiger partial charge on any atom is 0.0175 e. The highest BCUT2D eigenvalue weighted by Gasteiger charge is 2.35. The maximum absolute atomic E-state index is 3.99. The average Bonchev–Trinajstić information content (AvgIpc) is 2.44. The van der Waals surface area contributed by atoms with Gasteiger partial charge in [-0.1, -0.05) is 54.8 Å². The summed E-state index contributed by atoms with van der Waals surface area (Å²) >= 11 is 3.52. The van der Waals surface area contributed by atoms with Crippen LogP contribution in [0.15, 0.2) is 28.7 Å². The van der Waals surface area contributed by atoms with Crippen molar-refractivity contribution in [1.29, 1.82) is 0 Å². The standard InChI is InChI=1S/C19H28BrN/c1-13(2)18-5-3-4-6-19(18)21-17-11-15(12-17)14-7-9-16(20)10-8-14/h7-10,13,15,17-19,21H,3-6,11-12H2,1-2H3. The molecule has 0 heterocycles. The zero-order chi connectivity index (χ0) is 14.8. The van der Waals surface area contributed by atoms with E-state index in [1.54, 1.807) is 0 Å². The lowest BCUT2D eigenvalue weighted by atomic mass is 9.73. The monoisotopic (exact) mass is 349 g/mol. The van der Waals surface area contributed by atoms with Gasteiger partial charge in [0.25, 0.3) is 0 Å². The average molecular weight is 350 g/mol. The summed E-state index contributed by atoms with van der Waals surface area (Å²) in [7, 11) is 0. The van der Waals surface area contributed by atoms with E-state index in [1.807, 2.05) is 0 Å². The van der Waals surface area contributed by atoms with Gasteiger partial charge in [0.05, 0.1) is 0 Å². The number of hydrogen-bond donors (Lipinski definition) is 1. The van der Waals surface area contributed by atoms with E-state index in [0.717, 1.165) is 29.8 Å². The van der Waals surface area contributed by atoms with E-state index in [9.17, 15) is 0 Å². The smallest absolute Gasteiger partial charge is 0.0175 e. The summed E-state index contributed by atoms with van der Waals surface area (Å²) in [4.78, 5) is 0. The van der Waals surface area contributed by atoms with E-state index in [4.69, 9.17) is 0 Å². The Morgan fingerprint density at radius 1 is 1.05 bits per heavy atom. The molecular formula is C19H28BrN. The Balaban J connectivity index is 1.51. The van der Waals surface area contributed by atoms with Gasteiger partial charge < -0.3 is 5.32 Å².